The van der Waals surface area contributed by atoms with E-state index in [4.69, 9.17) is 4.52 Å². The molecule has 5 heteroatoms. The molecule has 17 heavy (non-hydrogen) atoms. The first-order valence-corrected chi connectivity index (χ1v) is 6.06. The number of likely N-dealkylation sites (tertiary alicyclic amines) is 1. The molecule has 1 aromatic heterocycles. The Kier molecular flexibility index (Phi) is 3.78. The number of nitrogens with one attached hydrogen (secondary N) is 1. The third kappa shape index (κ3) is 3.06. The Balaban J connectivity index is 1.91. The fourth-order valence-corrected chi connectivity index (χ4v) is 2.21. The van der Waals surface area contributed by atoms with E-state index in [2.05, 4.69) is 10.5 Å². The van der Waals surface area contributed by atoms with E-state index in [1.165, 1.54) is 0 Å². The highest BCUT2D eigenvalue weighted by atomic mass is 16.5. The van der Waals surface area contributed by atoms with E-state index in [0.717, 1.165) is 37.4 Å². The number of likely N-dealkylation sites (N-methyl/N-ethyl adjacent to an activating group) is 1. The van der Waals surface area contributed by atoms with Gasteiger partial charge in [-0.1, -0.05) is 5.16 Å². The van der Waals surface area contributed by atoms with Crippen LogP contribution in [0.4, 0.5) is 0 Å². The van der Waals surface area contributed by atoms with Gasteiger partial charge in [-0.25, -0.2) is 0 Å². The molecule has 0 aliphatic carbocycles. The van der Waals surface area contributed by atoms with Gasteiger partial charge in [0.15, 0.2) is 0 Å². The van der Waals surface area contributed by atoms with E-state index < -0.39 is 0 Å². The normalized spacial score (nSPS) is 20.6. The van der Waals surface area contributed by atoms with Crippen LogP contribution in [-0.4, -0.2) is 42.1 Å². The zero-order valence-electron chi connectivity index (χ0n) is 10.4. The quantitative estimate of drug-likeness (QED) is 0.842. The number of rotatable bonds is 3. The van der Waals surface area contributed by atoms with E-state index in [1.807, 2.05) is 24.9 Å². The summed E-state index contributed by atoms with van der Waals surface area (Å²) in [5.74, 6) is 0.887. The van der Waals surface area contributed by atoms with Gasteiger partial charge in [-0.2, -0.15) is 0 Å². The van der Waals surface area contributed by atoms with Crippen molar-refractivity contribution in [1.82, 2.24) is 15.4 Å². The molecule has 1 atom stereocenters. The standard InChI is InChI=1S/C12H19N3O2/c1-9-6-11(14-17-9)7-12(16)15-5-3-4-10(8-15)13-2/h6,10,13H,3-5,7-8H2,1-2H3/t10-/m0/s1. The molecular formula is C12H19N3O2. The zero-order valence-corrected chi connectivity index (χ0v) is 10.4. The molecule has 5 nitrogen and oxygen atoms in total. The van der Waals surface area contributed by atoms with Crippen molar-refractivity contribution in [3.63, 3.8) is 0 Å². The zero-order chi connectivity index (χ0) is 12.3. The van der Waals surface area contributed by atoms with Crippen molar-refractivity contribution >= 4 is 5.91 Å². The molecule has 0 spiro atoms. The summed E-state index contributed by atoms with van der Waals surface area (Å²) in [6.45, 7) is 3.49. The topological polar surface area (TPSA) is 58.4 Å². The number of carbonyl (C=O) groups excluding carboxylic acids is 1. The van der Waals surface area contributed by atoms with Gasteiger partial charge in [-0.3, -0.25) is 4.79 Å². The van der Waals surface area contributed by atoms with Gasteiger partial charge in [0.1, 0.15) is 5.76 Å². The third-order valence-corrected chi connectivity index (χ3v) is 3.19. The minimum Gasteiger partial charge on any atom is -0.361 e. The number of amides is 1. The van der Waals surface area contributed by atoms with Gasteiger partial charge in [0, 0.05) is 25.2 Å². The SMILES string of the molecule is CN[C@H]1CCCN(C(=O)Cc2cc(C)on2)C1. The van der Waals surface area contributed by atoms with Crippen LogP contribution in [0, 0.1) is 6.92 Å². The summed E-state index contributed by atoms with van der Waals surface area (Å²) in [6, 6.07) is 2.24. The van der Waals surface area contributed by atoms with Crippen molar-refractivity contribution in [1.29, 1.82) is 0 Å². The molecular weight excluding hydrogens is 218 g/mol. The summed E-state index contributed by atoms with van der Waals surface area (Å²) >= 11 is 0. The lowest BCUT2D eigenvalue weighted by molar-refractivity contribution is -0.131. The number of hydrogen-bond acceptors (Lipinski definition) is 4. The second-order valence-corrected chi connectivity index (χ2v) is 4.57. The largest absolute Gasteiger partial charge is 0.361 e. The van der Waals surface area contributed by atoms with Crippen LogP contribution >= 0.6 is 0 Å². The molecule has 0 unspecified atom stereocenters. The molecule has 2 heterocycles. The van der Waals surface area contributed by atoms with Gasteiger partial charge in [-0.15, -0.1) is 0 Å². The van der Waals surface area contributed by atoms with E-state index in [0.29, 0.717) is 12.5 Å². The van der Waals surface area contributed by atoms with Crippen molar-refractivity contribution in [2.75, 3.05) is 20.1 Å². The maximum absolute atomic E-state index is 12.1. The van der Waals surface area contributed by atoms with Gasteiger partial charge in [-0.05, 0) is 26.8 Å². The van der Waals surface area contributed by atoms with Crippen LogP contribution in [0.5, 0.6) is 0 Å². The van der Waals surface area contributed by atoms with Crippen LogP contribution in [0.25, 0.3) is 0 Å². The number of hydrogen-bond donors (Lipinski definition) is 1. The molecule has 2 rings (SSSR count). The molecule has 0 bridgehead atoms. The van der Waals surface area contributed by atoms with E-state index in [1.54, 1.807) is 0 Å². The predicted molar refractivity (Wildman–Crippen MR) is 63.6 cm³/mol. The first-order chi connectivity index (χ1) is 8.19. The lowest BCUT2D eigenvalue weighted by Gasteiger charge is -2.32. The summed E-state index contributed by atoms with van der Waals surface area (Å²) in [5, 5.41) is 7.08. The van der Waals surface area contributed by atoms with Gasteiger partial charge < -0.3 is 14.7 Å². The molecule has 0 saturated carbocycles. The van der Waals surface area contributed by atoms with Crippen LogP contribution in [0.1, 0.15) is 24.3 Å². The first kappa shape index (κ1) is 12.1. The summed E-state index contributed by atoms with van der Waals surface area (Å²) < 4.78 is 4.96. The van der Waals surface area contributed by atoms with Crippen molar-refractivity contribution in [3.8, 4) is 0 Å². The Hall–Kier alpha value is -1.36. The molecule has 1 aromatic rings. The van der Waals surface area contributed by atoms with E-state index in [9.17, 15) is 4.79 Å². The van der Waals surface area contributed by atoms with Gasteiger partial charge >= 0.3 is 0 Å². The molecule has 1 saturated heterocycles. The van der Waals surface area contributed by atoms with Crippen molar-refractivity contribution in [2.24, 2.45) is 0 Å². The number of aromatic nitrogens is 1. The average Bonchev–Trinajstić information content (AvgIpc) is 2.75. The highest BCUT2D eigenvalue weighted by Crippen LogP contribution is 2.12. The van der Waals surface area contributed by atoms with Crippen LogP contribution in [0.15, 0.2) is 10.6 Å². The van der Waals surface area contributed by atoms with Gasteiger partial charge in [0.2, 0.25) is 5.91 Å². The smallest absolute Gasteiger partial charge is 0.228 e. The lowest BCUT2D eigenvalue weighted by atomic mass is 10.1. The minimum atomic E-state index is 0.137. The molecule has 1 amide bonds. The Bertz CT molecular complexity index is 389. The number of aryl methyl sites for hydroxylation is 1. The van der Waals surface area contributed by atoms with E-state index in [-0.39, 0.29) is 5.91 Å². The second kappa shape index (κ2) is 5.31. The maximum atomic E-state index is 12.1. The monoisotopic (exact) mass is 237 g/mol. The summed E-state index contributed by atoms with van der Waals surface area (Å²) in [6.07, 6.45) is 2.55. The van der Waals surface area contributed by atoms with Crippen molar-refractivity contribution in [3.05, 3.63) is 17.5 Å². The summed E-state index contributed by atoms with van der Waals surface area (Å²) in [7, 11) is 1.94. The fourth-order valence-electron chi connectivity index (χ4n) is 2.21. The highest BCUT2D eigenvalue weighted by molar-refractivity contribution is 5.78. The molecule has 1 N–H and O–H groups in total. The Morgan fingerprint density at radius 3 is 3.18 bits per heavy atom. The highest BCUT2D eigenvalue weighted by Gasteiger charge is 2.23. The summed E-state index contributed by atoms with van der Waals surface area (Å²) in [4.78, 5) is 14.0. The van der Waals surface area contributed by atoms with Crippen LogP contribution < -0.4 is 5.32 Å². The Labute approximate surface area is 101 Å². The predicted octanol–water partition coefficient (Wildman–Crippen LogP) is 0.736. The first-order valence-electron chi connectivity index (χ1n) is 6.06. The summed E-state index contributed by atoms with van der Waals surface area (Å²) in [5.41, 5.74) is 0.721. The molecule has 0 radical (unpaired) electrons. The van der Waals surface area contributed by atoms with Gasteiger partial charge in [0.25, 0.3) is 0 Å². The Morgan fingerprint density at radius 2 is 2.53 bits per heavy atom. The maximum Gasteiger partial charge on any atom is 0.228 e. The second-order valence-electron chi connectivity index (χ2n) is 4.57. The van der Waals surface area contributed by atoms with Crippen molar-refractivity contribution in [2.45, 2.75) is 32.2 Å². The average molecular weight is 237 g/mol. The minimum absolute atomic E-state index is 0.137. The number of nitrogens with zero attached hydrogens (tertiary/aromatic N) is 2. The van der Waals surface area contributed by atoms with Crippen LogP contribution in [-0.2, 0) is 11.2 Å². The van der Waals surface area contributed by atoms with Crippen LogP contribution in [0.2, 0.25) is 0 Å². The number of piperidine rings is 1. The van der Waals surface area contributed by atoms with Crippen molar-refractivity contribution < 1.29 is 9.32 Å². The van der Waals surface area contributed by atoms with Gasteiger partial charge in [0.05, 0.1) is 12.1 Å². The molecule has 0 aromatic carbocycles. The molecule has 1 fully saturated rings. The van der Waals surface area contributed by atoms with E-state index >= 15 is 0 Å². The Morgan fingerprint density at radius 1 is 1.71 bits per heavy atom. The molecule has 1 aliphatic heterocycles. The molecule has 1 aliphatic rings. The third-order valence-electron chi connectivity index (χ3n) is 3.19. The lowest BCUT2D eigenvalue weighted by Crippen LogP contribution is -2.47. The number of carbonyl (C=O) groups is 1. The molecule has 94 valence electrons. The fraction of sp³-hybridized carbons (Fsp3) is 0.667. The van der Waals surface area contributed by atoms with Crippen LogP contribution in [0.3, 0.4) is 0 Å².